The monoisotopic (exact) mass is 261 g/mol. The van der Waals surface area contributed by atoms with Crippen LogP contribution in [0, 0.1) is 0 Å². The highest BCUT2D eigenvalue weighted by atomic mass is 15.3. The van der Waals surface area contributed by atoms with E-state index in [1.165, 1.54) is 24.8 Å². The van der Waals surface area contributed by atoms with Crippen LogP contribution in [0.2, 0.25) is 0 Å². The normalized spacial score (nSPS) is 26.3. The van der Waals surface area contributed by atoms with Crippen LogP contribution in [-0.2, 0) is 0 Å². The van der Waals surface area contributed by atoms with Gasteiger partial charge in [-0.25, -0.2) is 0 Å². The van der Waals surface area contributed by atoms with Gasteiger partial charge in [0.1, 0.15) is 0 Å². The molecule has 2 heterocycles. The summed E-state index contributed by atoms with van der Waals surface area (Å²) in [6.07, 6.45) is 7.59. The average molecular weight is 261 g/mol. The fourth-order valence-corrected chi connectivity index (χ4v) is 3.10. The topological polar surface area (TPSA) is 28.2 Å². The van der Waals surface area contributed by atoms with Crippen molar-refractivity contribution in [1.82, 2.24) is 15.2 Å². The van der Waals surface area contributed by atoms with Gasteiger partial charge in [0.2, 0.25) is 0 Å². The largest absolute Gasteiger partial charge is 0.311 e. The van der Waals surface area contributed by atoms with Crippen LogP contribution in [0.1, 0.15) is 51.6 Å². The molecular weight excluding hydrogens is 234 g/mol. The van der Waals surface area contributed by atoms with Crippen molar-refractivity contribution in [1.29, 1.82) is 0 Å². The summed E-state index contributed by atoms with van der Waals surface area (Å²) >= 11 is 0. The van der Waals surface area contributed by atoms with Crippen LogP contribution in [0.25, 0.3) is 0 Å². The molecule has 0 bridgehead atoms. The first-order valence-corrected chi connectivity index (χ1v) is 7.65. The molecule has 0 spiro atoms. The molecule has 3 nitrogen and oxygen atoms in total. The van der Waals surface area contributed by atoms with E-state index < -0.39 is 0 Å². The van der Waals surface area contributed by atoms with E-state index >= 15 is 0 Å². The Hall–Kier alpha value is -0.930. The summed E-state index contributed by atoms with van der Waals surface area (Å²) < 4.78 is 0. The molecule has 1 saturated heterocycles. The van der Waals surface area contributed by atoms with Crippen LogP contribution in [0.3, 0.4) is 0 Å². The van der Waals surface area contributed by atoms with Crippen molar-refractivity contribution in [2.75, 3.05) is 13.1 Å². The number of nitrogens with zero attached hydrogens (tertiary/aromatic N) is 2. The van der Waals surface area contributed by atoms with E-state index in [4.69, 9.17) is 0 Å². The molecule has 19 heavy (non-hydrogen) atoms. The minimum Gasteiger partial charge on any atom is -0.311 e. The molecule has 0 aliphatic carbocycles. The Labute approximate surface area is 117 Å². The highest BCUT2D eigenvalue weighted by Gasteiger charge is 2.30. The second kappa shape index (κ2) is 7.01. The van der Waals surface area contributed by atoms with Crippen LogP contribution in [0.15, 0.2) is 24.5 Å². The number of pyridine rings is 1. The minimum absolute atomic E-state index is 0.458. The molecule has 3 unspecified atom stereocenters. The molecule has 2 rings (SSSR count). The summed E-state index contributed by atoms with van der Waals surface area (Å²) in [5, 5.41) is 3.70. The molecule has 1 N–H and O–H groups in total. The number of piperazine rings is 1. The molecule has 106 valence electrons. The van der Waals surface area contributed by atoms with Gasteiger partial charge in [0, 0.05) is 43.6 Å². The zero-order chi connectivity index (χ0) is 13.7. The Morgan fingerprint density at radius 3 is 2.95 bits per heavy atom. The molecule has 3 atom stereocenters. The predicted molar refractivity (Wildman–Crippen MR) is 80.1 cm³/mol. The van der Waals surface area contributed by atoms with Gasteiger partial charge in [0.15, 0.2) is 0 Å². The fourth-order valence-electron chi connectivity index (χ4n) is 3.10. The maximum Gasteiger partial charge on any atom is 0.0339 e. The molecule has 0 aromatic carbocycles. The number of aromatic nitrogens is 1. The van der Waals surface area contributed by atoms with Gasteiger partial charge in [-0.1, -0.05) is 26.3 Å². The molecule has 1 aromatic rings. The molecule has 3 heteroatoms. The van der Waals surface area contributed by atoms with E-state index in [0.717, 1.165) is 13.1 Å². The van der Waals surface area contributed by atoms with Crippen molar-refractivity contribution in [3.05, 3.63) is 30.1 Å². The Bertz CT molecular complexity index is 366. The van der Waals surface area contributed by atoms with E-state index in [2.05, 4.69) is 42.0 Å². The van der Waals surface area contributed by atoms with Crippen molar-refractivity contribution in [2.45, 2.75) is 58.2 Å². The maximum atomic E-state index is 4.26. The number of hydrogen-bond acceptors (Lipinski definition) is 3. The molecule has 1 aliphatic heterocycles. The predicted octanol–water partition coefficient (Wildman–Crippen LogP) is 3.00. The Morgan fingerprint density at radius 2 is 2.32 bits per heavy atom. The SMILES string of the molecule is CCCC1CN(C(C)c2cccnc2)C(CC)CN1. The van der Waals surface area contributed by atoms with E-state index in [-0.39, 0.29) is 0 Å². The molecule has 1 aliphatic rings. The first-order valence-electron chi connectivity index (χ1n) is 7.65. The molecule has 1 aromatic heterocycles. The Balaban J connectivity index is 2.09. The lowest BCUT2D eigenvalue weighted by Crippen LogP contribution is -2.56. The molecule has 0 radical (unpaired) electrons. The van der Waals surface area contributed by atoms with Gasteiger partial charge in [-0.15, -0.1) is 0 Å². The third kappa shape index (κ3) is 3.54. The number of hydrogen-bond donors (Lipinski definition) is 1. The quantitative estimate of drug-likeness (QED) is 0.883. The fraction of sp³-hybridized carbons (Fsp3) is 0.688. The zero-order valence-electron chi connectivity index (χ0n) is 12.5. The second-order valence-corrected chi connectivity index (χ2v) is 5.62. The summed E-state index contributed by atoms with van der Waals surface area (Å²) in [6, 6.07) is 5.98. The summed E-state index contributed by atoms with van der Waals surface area (Å²) in [6.45, 7) is 9.14. The van der Waals surface area contributed by atoms with Crippen molar-refractivity contribution in [3.8, 4) is 0 Å². The molecule has 1 fully saturated rings. The number of nitrogens with one attached hydrogen (secondary N) is 1. The zero-order valence-corrected chi connectivity index (χ0v) is 12.5. The highest BCUT2D eigenvalue weighted by molar-refractivity contribution is 5.14. The molecule has 0 amide bonds. The first kappa shape index (κ1) is 14.5. The lowest BCUT2D eigenvalue weighted by Gasteiger charge is -2.43. The minimum atomic E-state index is 0.458. The first-order chi connectivity index (χ1) is 9.26. The summed E-state index contributed by atoms with van der Waals surface area (Å²) in [4.78, 5) is 6.93. The summed E-state index contributed by atoms with van der Waals surface area (Å²) in [5.74, 6) is 0. The Morgan fingerprint density at radius 1 is 1.47 bits per heavy atom. The van der Waals surface area contributed by atoms with E-state index in [1.54, 1.807) is 0 Å². The van der Waals surface area contributed by atoms with Gasteiger partial charge in [-0.05, 0) is 31.4 Å². The van der Waals surface area contributed by atoms with Crippen LogP contribution in [0.5, 0.6) is 0 Å². The van der Waals surface area contributed by atoms with E-state index in [1.807, 2.05) is 18.5 Å². The van der Waals surface area contributed by atoms with Gasteiger partial charge < -0.3 is 5.32 Å². The van der Waals surface area contributed by atoms with Crippen LogP contribution < -0.4 is 5.32 Å². The summed E-state index contributed by atoms with van der Waals surface area (Å²) in [7, 11) is 0. The van der Waals surface area contributed by atoms with E-state index in [9.17, 15) is 0 Å². The molecule has 0 saturated carbocycles. The van der Waals surface area contributed by atoms with Crippen molar-refractivity contribution in [2.24, 2.45) is 0 Å². The standard InChI is InChI=1S/C16H27N3/c1-4-7-15-12-19(16(5-2)11-18-15)13(3)14-8-6-9-17-10-14/h6,8-10,13,15-16,18H,4-5,7,11-12H2,1-3H3. The number of rotatable bonds is 5. The Kier molecular flexibility index (Phi) is 5.34. The summed E-state index contributed by atoms with van der Waals surface area (Å²) in [5.41, 5.74) is 1.33. The highest BCUT2D eigenvalue weighted by Crippen LogP contribution is 2.25. The second-order valence-electron chi connectivity index (χ2n) is 5.62. The third-order valence-corrected chi connectivity index (χ3v) is 4.32. The van der Waals surface area contributed by atoms with Crippen LogP contribution in [-0.4, -0.2) is 35.1 Å². The lowest BCUT2D eigenvalue weighted by atomic mass is 9.99. The van der Waals surface area contributed by atoms with Gasteiger partial charge in [0.05, 0.1) is 0 Å². The van der Waals surface area contributed by atoms with Gasteiger partial charge >= 0.3 is 0 Å². The van der Waals surface area contributed by atoms with Gasteiger partial charge in [-0.3, -0.25) is 9.88 Å². The smallest absolute Gasteiger partial charge is 0.0339 e. The third-order valence-electron chi connectivity index (χ3n) is 4.32. The molecular formula is C16H27N3. The van der Waals surface area contributed by atoms with Crippen molar-refractivity contribution < 1.29 is 0 Å². The van der Waals surface area contributed by atoms with Crippen molar-refractivity contribution >= 4 is 0 Å². The van der Waals surface area contributed by atoms with Gasteiger partial charge in [0.25, 0.3) is 0 Å². The maximum absolute atomic E-state index is 4.26. The van der Waals surface area contributed by atoms with Gasteiger partial charge in [-0.2, -0.15) is 0 Å². The van der Waals surface area contributed by atoms with Crippen LogP contribution in [0.4, 0.5) is 0 Å². The lowest BCUT2D eigenvalue weighted by molar-refractivity contribution is 0.0834. The van der Waals surface area contributed by atoms with E-state index in [0.29, 0.717) is 18.1 Å². The average Bonchev–Trinajstić information content (AvgIpc) is 2.47. The van der Waals surface area contributed by atoms with Crippen molar-refractivity contribution in [3.63, 3.8) is 0 Å². The van der Waals surface area contributed by atoms with Crippen LogP contribution >= 0.6 is 0 Å².